The predicted octanol–water partition coefficient (Wildman–Crippen LogP) is 3.91. The van der Waals surface area contributed by atoms with Gasteiger partial charge in [-0.15, -0.1) is 0 Å². The first-order valence-corrected chi connectivity index (χ1v) is 8.22. The van der Waals surface area contributed by atoms with Crippen LogP contribution in [-0.4, -0.2) is 16.5 Å². The monoisotopic (exact) mass is 275 g/mol. The lowest BCUT2D eigenvalue weighted by atomic mass is 9.77. The molecule has 0 unspecified atom stereocenters. The summed E-state index contributed by atoms with van der Waals surface area (Å²) in [6.07, 6.45) is 10.4. The molecule has 2 rings (SSSR count). The van der Waals surface area contributed by atoms with Crippen LogP contribution in [0, 0.1) is 11.8 Å². The Hall–Kier alpha value is -0.960. The van der Waals surface area contributed by atoms with E-state index in [2.05, 4.69) is 36.1 Å². The number of aromatic nitrogens is 2. The average Bonchev–Trinajstić information content (AvgIpc) is 2.48. The molecule has 0 amide bonds. The van der Waals surface area contributed by atoms with Crippen LogP contribution >= 0.6 is 0 Å². The van der Waals surface area contributed by atoms with E-state index < -0.39 is 0 Å². The van der Waals surface area contributed by atoms with Crippen LogP contribution in [0.3, 0.4) is 0 Å². The lowest BCUT2D eigenvalue weighted by Gasteiger charge is -2.30. The van der Waals surface area contributed by atoms with Gasteiger partial charge in [-0.2, -0.15) is 0 Å². The molecule has 0 aromatic carbocycles. The van der Waals surface area contributed by atoms with Crippen molar-refractivity contribution in [3.05, 3.63) is 23.8 Å². The molecule has 1 heterocycles. The molecule has 1 saturated carbocycles. The highest BCUT2D eigenvalue weighted by Gasteiger charge is 2.25. The Kier molecular flexibility index (Phi) is 5.96. The summed E-state index contributed by atoms with van der Waals surface area (Å²) in [6.45, 7) is 8.81. The maximum atomic E-state index is 4.60. The molecule has 1 aliphatic rings. The number of hydrogen-bond donors (Lipinski definition) is 1. The fourth-order valence-electron chi connectivity index (χ4n) is 3.12. The molecule has 1 N–H and O–H groups in total. The van der Waals surface area contributed by atoms with Gasteiger partial charge in [-0.05, 0) is 50.5 Å². The zero-order valence-corrected chi connectivity index (χ0v) is 13.2. The summed E-state index contributed by atoms with van der Waals surface area (Å²) in [5, 5.41) is 3.39. The largest absolute Gasteiger partial charge is 0.313 e. The minimum Gasteiger partial charge on any atom is -0.313 e. The highest BCUT2D eigenvalue weighted by molar-refractivity contribution is 5.08. The molecule has 3 heteroatoms. The van der Waals surface area contributed by atoms with Gasteiger partial charge in [0.1, 0.15) is 5.82 Å². The Morgan fingerprint density at radius 2 is 1.80 bits per heavy atom. The molecule has 20 heavy (non-hydrogen) atoms. The van der Waals surface area contributed by atoms with Gasteiger partial charge in [0.2, 0.25) is 0 Å². The number of nitrogens with zero attached hydrogens (tertiary/aromatic N) is 2. The summed E-state index contributed by atoms with van der Waals surface area (Å²) in [6, 6.07) is 0. The minimum absolute atomic E-state index is 0.586. The van der Waals surface area contributed by atoms with Crippen molar-refractivity contribution in [3.63, 3.8) is 0 Å². The van der Waals surface area contributed by atoms with Crippen LogP contribution in [0.1, 0.15) is 70.2 Å². The first-order chi connectivity index (χ1) is 9.70. The second-order valence-electron chi connectivity index (χ2n) is 6.48. The van der Waals surface area contributed by atoms with Crippen LogP contribution in [0.5, 0.6) is 0 Å². The van der Waals surface area contributed by atoms with Crippen molar-refractivity contribution in [2.75, 3.05) is 6.54 Å². The van der Waals surface area contributed by atoms with E-state index in [0.717, 1.165) is 37.2 Å². The standard InChI is InChI=1S/C17H29N3/c1-4-9-18-10-14-11-19-17(20-12-14)16-7-5-15(6-8-16)13(2)3/h11-13,15-16,18H,4-10H2,1-3H3. The maximum absolute atomic E-state index is 4.60. The second kappa shape index (κ2) is 7.72. The van der Waals surface area contributed by atoms with E-state index in [1.807, 2.05) is 12.4 Å². The molecule has 112 valence electrons. The fourth-order valence-corrected chi connectivity index (χ4v) is 3.12. The summed E-state index contributed by atoms with van der Waals surface area (Å²) >= 11 is 0. The first kappa shape index (κ1) is 15.4. The average molecular weight is 275 g/mol. The Balaban J connectivity index is 1.84. The topological polar surface area (TPSA) is 37.8 Å². The van der Waals surface area contributed by atoms with Gasteiger partial charge in [0.05, 0.1) is 0 Å². The van der Waals surface area contributed by atoms with Crippen LogP contribution in [0.4, 0.5) is 0 Å². The normalized spacial score (nSPS) is 23.2. The Bertz CT molecular complexity index is 378. The first-order valence-electron chi connectivity index (χ1n) is 8.22. The van der Waals surface area contributed by atoms with Crippen LogP contribution in [0.2, 0.25) is 0 Å². The molecule has 0 radical (unpaired) electrons. The van der Waals surface area contributed by atoms with E-state index in [1.165, 1.54) is 31.2 Å². The van der Waals surface area contributed by atoms with Gasteiger partial charge >= 0.3 is 0 Å². The molecule has 0 spiro atoms. The lowest BCUT2D eigenvalue weighted by Crippen LogP contribution is -2.19. The van der Waals surface area contributed by atoms with Crippen molar-refractivity contribution in [2.24, 2.45) is 11.8 Å². The maximum Gasteiger partial charge on any atom is 0.131 e. The van der Waals surface area contributed by atoms with Gasteiger partial charge in [0, 0.05) is 30.4 Å². The third kappa shape index (κ3) is 4.27. The van der Waals surface area contributed by atoms with Gasteiger partial charge in [-0.1, -0.05) is 20.8 Å². The third-order valence-electron chi connectivity index (χ3n) is 4.56. The minimum atomic E-state index is 0.586. The summed E-state index contributed by atoms with van der Waals surface area (Å²) in [5.74, 6) is 3.38. The van der Waals surface area contributed by atoms with Crippen LogP contribution < -0.4 is 5.32 Å². The lowest BCUT2D eigenvalue weighted by molar-refractivity contribution is 0.254. The molecular formula is C17H29N3. The highest BCUT2D eigenvalue weighted by Crippen LogP contribution is 2.37. The Labute approximate surface area is 123 Å². The second-order valence-corrected chi connectivity index (χ2v) is 6.48. The molecule has 0 atom stereocenters. The van der Waals surface area contributed by atoms with E-state index in [-0.39, 0.29) is 0 Å². The molecule has 1 aromatic rings. The van der Waals surface area contributed by atoms with E-state index in [1.54, 1.807) is 0 Å². The molecule has 3 nitrogen and oxygen atoms in total. The van der Waals surface area contributed by atoms with Crippen LogP contribution in [0.15, 0.2) is 12.4 Å². The molecule has 0 saturated heterocycles. The zero-order valence-electron chi connectivity index (χ0n) is 13.2. The van der Waals surface area contributed by atoms with Crippen molar-refractivity contribution >= 4 is 0 Å². The van der Waals surface area contributed by atoms with Crippen LogP contribution in [-0.2, 0) is 6.54 Å². The van der Waals surface area contributed by atoms with Crippen LogP contribution in [0.25, 0.3) is 0 Å². The number of hydrogen-bond acceptors (Lipinski definition) is 3. The SMILES string of the molecule is CCCNCc1cnc(C2CCC(C(C)C)CC2)nc1. The smallest absolute Gasteiger partial charge is 0.131 e. The van der Waals surface area contributed by atoms with Crippen molar-refractivity contribution in [1.29, 1.82) is 0 Å². The summed E-state index contributed by atoms with van der Waals surface area (Å²) in [4.78, 5) is 9.20. The highest BCUT2D eigenvalue weighted by atomic mass is 14.9. The van der Waals surface area contributed by atoms with Crippen molar-refractivity contribution in [2.45, 2.75) is 65.3 Å². The van der Waals surface area contributed by atoms with Gasteiger partial charge in [-0.3, -0.25) is 0 Å². The van der Waals surface area contributed by atoms with E-state index >= 15 is 0 Å². The number of rotatable bonds is 6. The molecule has 0 bridgehead atoms. The molecule has 1 fully saturated rings. The molecule has 0 aliphatic heterocycles. The van der Waals surface area contributed by atoms with Gasteiger partial charge in [0.15, 0.2) is 0 Å². The number of nitrogens with one attached hydrogen (secondary N) is 1. The van der Waals surface area contributed by atoms with E-state index in [0.29, 0.717) is 5.92 Å². The van der Waals surface area contributed by atoms with Gasteiger partial charge in [0.25, 0.3) is 0 Å². The fraction of sp³-hybridized carbons (Fsp3) is 0.765. The molecule has 1 aromatic heterocycles. The zero-order chi connectivity index (χ0) is 14.4. The Morgan fingerprint density at radius 1 is 1.15 bits per heavy atom. The predicted molar refractivity (Wildman–Crippen MR) is 83.6 cm³/mol. The molecular weight excluding hydrogens is 246 g/mol. The third-order valence-corrected chi connectivity index (χ3v) is 4.56. The van der Waals surface area contributed by atoms with Crippen molar-refractivity contribution in [3.8, 4) is 0 Å². The quantitative estimate of drug-likeness (QED) is 0.800. The van der Waals surface area contributed by atoms with Gasteiger partial charge in [-0.25, -0.2) is 9.97 Å². The summed E-state index contributed by atoms with van der Waals surface area (Å²) < 4.78 is 0. The van der Waals surface area contributed by atoms with E-state index in [9.17, 15) is 0 Å². The molecule has 1 aliphatic carbocycles. The summed E-state index contributed by atoms with van der Waals surface area (Å²) in [5.41, 5.74) is 1.19. The van der Waals surface area contributed by atoms with E-state index in [4.69, 9.17) is 0 Å². The van der Waals surface area contributed by atoms with Crippen molar-refractivity contribution in [1.82, 2.24) is 15.3 Å². The van der Waals surface area contributed by atoms with Crippen molar-refractivity contribution < 1.29 is 0 Å². The van der Waals surface area contributed by atoms with Gasteiger partial charge < -0.3 is 5.32 Å². The Morgan fingerprint density at radius 3 is 2.35 bits per heavy atom. The summed E-state index contributed by atoms with van der Waals surface area (Å²) in [7, 11) is 0.